The van der Waals surface area contributed by atoms with Gasteiger partial charge in [0.05, 0.1) is 0 Å². The zero-order valence-electron chi connectivity index (χ0n) is 11.0. The molecule has 0 atom stereocenters. The van der Waals surface area contributed by atoms with Gasteiger partial charge < -0.3 is 10.6 Å². The predicted molar refractivity (Wildman–Crippen MR) is 70.7 cm³/mol. The number of carbonyl (C=O) groups excluding carboxylic acids is 1. The Morgan fingerprint density at radius 3 is 2.71 bits per heavy atom. The van der Waals surface area contributed by atoms with E-state index >= 15 is 0 Å². The maximum Gasteiger partial charge on any atom is 0.315 e. The standard InChI is InChI=1S/C11H17N3O.C2H6/c1-2-3-7-13-11(15)14-9-10-5-4-6-12-8-10;1-2/h4-6,8H,2-3,7,9H2,1H3,(H2,13,14,15);1-2H3. The molecular formula is C13H23N3O. The van der Waals surface area contributed by atoms with E-state index in [2.05, 4.69) is 22.5 Å². The highest BCUT2D eigenvalue weighted by molar-refractivity contribution is 5.73. The van der Waals surface area contributed by atoms with Gasteiger partial charge in [-0.05, 0) is 18.1 Å². The molecule has 0 aliphatic carbocycles. The first-order chi connectivity index (χ1) is 8.33. The number of nitrogens with one attached hydrogen (secondary N) is 2. The molecule has 0 aromatic carbocycles. The SMILES string of the molecule is CC.CCCCNC(=O)NCc1cccnc1. The van der Waals surface area contributed by atoms with Gasteiger partial charge in [0.15, 0.2) is 0 Å². The van der Waals surface area contributed by atoms with Gasteiger partial charge in [-0.3, -0.25) is 4.98 Å². The number of carbonyl (C=O) groups is 1. The van der Waals surface area contributed by atoms with Crippen molar-refractivity contribution in [3.05, 3.63) is 30.1 Å². The van der Waals surface area contributed by atoms with E-state index in [9.17, 15) is 4.79 Å². The van der Waals surface area contributed by atoms with Gasteiger partial charge in [-0.1, -0.05) is 33.3 Å². The van der Waals surface area contributed by atoms with Crippen molar-refractivity contribution in [2.45, 2.75) is 40.2 Å². The monoisotopic (exact) mass is 237 g/mol. The maximum absolute atomic E-state index is 11.2. The summed E-state index contributed by atoms with van der Waals surface area (Å²) in [6.07, 6.45) is 5.56. The number of urea groups is 1. The van der Waals surface area contributed by atoms with Crippen LogP contribution in [-0.2, 0) is 6.54 Å². The molecule has 0 aliphatic rings. The summed E-state index contributed by atoms with van der Waals surface area (Å²) in [5.41, 5.74) is 1.00. The van der Waals surface area contributed by atoms with Crippen LogP contribution in [0.2, 0.25) is 0 Å². The van der Waals surface area contributed by atoms with Crippen molar-refractivity contribution in [1.29, 1.82) is 0 Å². The number of hydrogen-bond acceptors (Lipinski definition) is 2. The van der Waals surface area contributed by atoms with E-state index in [1.165, 1.54) is 0 Å². The molecule has 0 bridgehead atoms. The normalized spacial score (nSPS) is 8.88. The van der Waals surface area contributed by atoms with E-state index in [0.29, 0.717) is 6.54 Å². The summed E-state index contributed by atoms with van der Waals surface area (Å²) in [7, 11) is 0. The summed E-state index contributed by atoms with van der Waals surface area (Å²) in [4.78, 5) is 15.2. The molecule has 1 heterocycles. The fourth-order valence-corrected chi connectivity index (χ4v) is 1.13. The molecule has 2 N–H and O–H groups in total. The average molecular weight is 237 g/mol. The highest BCUT2D eigenvalue weighted by Gasteiger charge is 1.98. The van der Waals surface area contributed by atoms with Gasteiger partial charge in [0.1, 0.15) is 0 Å². The molecule has 0 aliphatic heterocycles. The Balaban J connectivity index is 0.00000121. The van der Waals surface area contributed by atoms with Crippen molar-refractivity contribution in [2.24, 2.45) is 0 Å². The van der Waals surface area contributed by atoms with Gasteiger partial charge in [-0.15, -0.1) is 0 Å². The Labute approximate surface area is 104 Å². The van der Waals surface area contributed by atoms with Gasteiger partial charge in [0.25, 0.3) is 0 Å². The van der Waals surface area contributed by atoms with Crippen molar-refractivity contribution in [1.82, 2.24) is 15.6 Å². The van der Waals surface area contributed by atoms with Crippen molar-refractivity contribution in [3.63, 3.8) is 0 Å². The van der Waals surface area contributed by atoms with Crippen molar-refractivity contribution in [2.75, 3.05) is 6.54 Å². The third kappa shape index (κ3) is 8.25. The molecule has 4 heteroatoms. The van der Waals surface area contributed by atoms with E-state index in [0.717, 1.165) is 24.9 Å². The lowest BCUT2D eigenvalue weighted by molar-refractivity contribution is 0.240. The molecule has 1 aromatic heterocycles. The molecule has 0 spiro atoms. The molecule has 0 saturated carbocycles. The summed E-state index contributed by atoms with van der Waals surface area (Å²) >= 11 is 0. The minimum absolute atomic E-state index is 0.118. The summed E-state index contributed by atoms with van der Waals surface area (Å²) in [5, 5.41) is 5.55. The van der Waals surface area contributed by atoms with E-state index in [-0.39, 0.29) is 6.03 Å². The summed E-state index contributed by atoms with van der Waals surface area (Å²) in [5.74, 6) is 0. The van der Waals surface area contributed by atoms with Gasteiger partial charge in [0, 0.05) is 25.5 Å². The third-order valence-electron chi connectivity index (χ3n) is 1.99. The molecule has 4 nitrogen and oxygen atoms in total. The minimum atomic E-state index is -0.118. The lowest BCUT2D eigenvalue weighted by atomic mass is 10.3. The number of pyridine rings is 1. The smallest absolute Gasteiger partial charge is 0.315 e. The molecule has 1 rings (SSSR count). The second kappa shape index (κ2) is 10.9. The van der Waals surface area contributed by atoms with Crippen LogP contribution in [-0.4, -0.2) is 17.6 Å². The van der Waals surface area contributed by atoms with E-state index in [4.69, 9.17) is 0 Å². The lowest BCUT2D eigenvalue weighted by Gasteiger charge is -2.06. The van der Waals surface area contributed by atoms with Crippen LogP contribution in [0.15, 0.2) is 24.5 Å². The van der Waals surface area contributed by atoms with Gasteiger partial charge >= 0.3 is 6.03 Å². The fraction of sp³-hybridized carbons (Fsp3) is 0.538. The van der Waals surface area contributed by atoms with Crippen LogP contribution < -0.4 is 10.6 Å². The number of rotatable bonds is 5. The number of aromatic nitrogens is 1. The highest BCUT2D eigenvalue weighted by atomic mass is 16.2. The first-order valence-corrected chi connectivity index (χ1v) is 6.23. The Morgan fingerprint density at radius 2 is 2.12 bits per heavy atom. The molecule has 0 fully saturated rings. The van der Waals surface area contributed by atoms with Crippen molar-refractivity contribution < 1.29 is 4.79 Å². The second-order valence-electron chi connectivity index (χ2n) is 3.32. The number of unbranched alkanes of at least 4 members (excludes halogenated alkanes) is 1. The second-order valence-corrected chi connectivity index (χ2v) is 3.32. The van der Waals surface area contributed by atoms with Gasteiger partial charge in [0.2, 0.25) is 0 Å². The number of hydrogen-bond donors (Lipinski definition) is 2. The van der Waals surface area contributed by atoms with Crippen LogP contribution in [0.4, 0.5) is 4.79 Å². The van der Waals surface area contributed by atoms with Crippen molar-refractivity contribution >= 4 is 6.03 Å². The van der Waals surface area contributed by atoms with Crippen LogP contribution in [0, 0.1) is 0 Å². The first-order valence-electron chi connectivity index (χ1n) is 6.23. The van der Waals surface area contributed by atoms with E-state index in [1.807, 2.05) is 26.0 Å². The predicted octanol–water partition coefficient (Wildman–Crippen LogP) is 2.71. The van der Waals surface area contributed by atoms with Crippen LogP contribution in [0.1, 0.15) is 39.2 Å². The Hall–Kier alpha value is -1.58. The van der Waals surface area contributed by atoms with Crippen molar-refractivity contribution in [3.8, 4) is 0 Å². The molecule has 0 unspecified atom stereocenters. The zero-order valence-corrected chi connectivity index (χ0v) is 11.0. The largest absolute Gasteiger partial charge is 0.338 e. The molecule has 1 aromatic rings. The molecule has 0 saturated heterocycles. The highest BCUT2D eigenvalue weighted by Crippen LogP contribution is 1.93. The first kappa shape index (κ1) is 15.4. The summed E-state index contributed by atoms with van der Waals surface area (Å²) in [6.45, 7) is 7.34. The van der Waals surface area contributed by atoms with E-state index in [1.54, 1.807) is 12.4 Å². The molecular weight excluding hydrogens is 214 g/mol. The molecule has 17 heavy (non-hydrogen) atoms. The fourth-order valence-electron chi connectivity index (χ4n) is 1.13. The third-order valence-corrected chi connectivity index (χ3v) is 1.99. The lowest BCUT2D eigenvalue weighted by Crippen LogP contribution is -2.35. The average Bonchev–Trinajstić information content (AvgIpc) is 2.40. The van der Waals surface area contributed by atoms with Crippen LogP contribution >= 0.6 is 0 Å². The van der Waals surface area contributed by atoms with Gasteiger partial charge in [-0.2, -0.15) is 0 Å². The number of nitrogens with zero attached hydrogens (tertiary/aromatic N) is 1. The Morgan fingerprint density at radius 1 is 1.35 bits per heavy atom. The zero-order chi connectivity index (χ0) is 12.9. The van der Waals surface area contributed by atoms with Gasteiger partial charge in [-0.25, -0.2) is 4.79 Å². The molecule has 2 amide bonds. The van der Waals surface area contributed by atoms with Crippen LogP contribution in [0.3, 0.4) is 0 Å². The number of amides is 2. The summed E-state index contributed by atoms with van der Waals surface area (Å²) < 4.78 is 0. The Bertz CT molecular complexity index is 288. The quantitative estimate of drug-likeness (QED) is 0.774. The maximum atomic E-state index is 11.2. The minimum Gasteiger partial charge on any atom is -0.338 e. The van der Waals surface area contributed by atoms with E-state index < -0.39 is 0 Å². The Kier molecular flexibility index (Phi) is 9.91. The van der Waals surface area contributed by atoms with Crippen LogP contribution in [0.5, 0.6) is 0 Å². The molecule has 0 radical (unpaired) electrons. The topological polar surface area (TPSA) is 54.0 Å². The summed E-state index contributed by atoms with van der Waals surface area (Å²) in [6, 6.07) is 3.66. The molecule has 96 valence electrons. The van der Waals surface area contributed by atoms with Crippen LogP contribution in [0.25, 0.3) is 0 Å².